The van der Waals surface area contributed by atoms with Gasteiger partial charge in [-0.3, -0.25) is 14.9 Å². The van der Waals surface area contributed by atoms with E-state index in [-0.39, 0.29) is 13.0 Å². The van der Waals surface area contributed by atoms with Crippen LogP contribution in [0.2, 0.25) is 0 Å². The van der Waals surface area contributed by atoms with E-state index in [0.29, 0.717) is 5.75 Å². The number of nitrogens with two attached hydrogens (primary N) is 1. The monoisotopic (exact) mass is 280 g/mol. The van der Waals surface area contributed by atoms with Crippen molar-refractivity contribution < 1.29 is 23.9 Å². The number of hydrogen-bond acceptors (Lipinski definition) is 5. The molecule has 0 spiro atoms. The van der Waals surface area contributed by atoms with Crippen LogP contribution in [0.4, 0.5) is 4.79 Å². The van der Waals surface area contributed by atoms with Crippen molar-refractivity contribution in [3.05, 3.63) is 29.8 Å². The molecule has 0 heterocycles. The Morgan fingerprint density at radius 1 is 1.30 bits per heavy atom. The van der Waals surface area contributed by atoms with E-state index < -0.39 is 24.5 Å². The van der Waals surface area contributed by atoms with Crippen LogP contribution in [0.1, 0.15) is 12.0 Å². The number of nitrogens with one attached hydrogen (secondary N) is 1. The Labute approximate surface area is 116 Å². The SMILES string of the molecule is Cc1cccc(OCCC(=O)OCC(=O)NC(N)=O)c1. The van der Waals surface area contributed by atoms with E-state index in [1.165, 1.54) is 0 Å². The van der Waals surface area contributed by atoms with Crippen molar-refractivity contribution in [2.24, 2.45) is 5.73 Å². The molecule has 7 nitrogen and oxygen atoms in total. The van der Waals surface area contributed by atoms with Gasteiger partial charge in [0.1, 0.15) is 5.75 Å². The Kier molecular flexibility index (Phi) is 6.02. The molecule has 0 aliphatic heterocycles. The largest absolute Gasteiger partial charge is 0.493 e. The summed E-state index contributed by atoms with van der Waals surface area (Å²) in [6.07, 6.45) is -0.00219. The molecule has 0 bridgehead atoms. The number of ether oxygens (including phenoxy) is 2. The maximum absolute atomic E-state index is 11.3. The minimum atomic E-state index is -0.992. The van der Waals surface area contributed by atoms with Gasteiger partial charge in [0.05, 0.1) is 13.0 Å². The minimum Gasteiger partial charge on any atom is -0.493 e. The topological polar surface area (TPSA) is 108 Å². The second-order valence-corrected chi connectivity index (χ2v) is 3.99. The quantitative estimate of drug-likeness (QED) is 0.738. The van der Waals surface area contributed by atoms with Crippen LogP contribution in [0, 0.1) is 6.92 Å². The maximum atomic E-state index is 11.3. The number of rotatable bonds is 6. The predicted molar refractivity (Wildman–Crippen MR) is 70.0 cm³/mol. The maximum Gasteiger partial charge on any atom is 0.318 e. The molecule has 108 valence electrons. The van der Waals surface area contributed by atoms with E-state index in [0.717, 1.165) is 5.56 Å². The van der Waals surface area contributed by atoms with E-state index in [9.17, 15) is 14.4 Å². The zero-order valence-electron chi connectivity index (χ0n) is 11.0. The van der Waals surface area contributed by atoms with E-state index >= 15 is 0 Å². The number of benzene rings is 1. The van der Waals surface area contributed by atoms with E-state index in [1.807, 2.05) is 25.1 Å². The first kappa shape index (κ1) is 15.5. The van der Waals surface area contributed by atoms with Crippen LogP contribution in [0.5, 0.6) is 5.75 Å². The highest BCUT2D eigenvalue weighted by Gasteiger charge is 2.09. The van der Waals surface area contributed by atoms with Crippen LogP contribution in [0.3, 0.4) is 0 Å². The fourth-order valence-electron chi connectivity index (χ4n) is 1.35. The molecule has 3 amide bonds. The van der Waals surface area contributed by atoms with E-state index in [1.54, 1.807) is 11.4 Å². The van der Waals surface area contributed by atoms with Gasteiger partial charge >= 0.3 is 12.0 Å². The number of carbonyl (C=O) groups excluding carboxylic acids is 3. The number of urea groups is 1. The number of hydrogen-bond donors (Lipinski definition) is 2. The molecule has 7 heteroatoms. The fourth-order valence-corrected chi connectivity index (χ4v) is 1.35. The lowest BCUT2D eigenvalue weighted by molar-refractivity contribution is -0.148. The average molecular weight is 280 g/mol. The summed E-state index contributed by atoms with van der Waals surface area (Å²) in [6, 6.07) is 6.40. The summed E-state index contributed by atoms with van der Waals surface area (Å²) in [7, 11) is 0. The summed E-state index contributed by atoms with van der Waals surface area (Å²) in [5.74, 6) is -0.716. The summed E-state index contributed by atoms with van der Waals surface area (Å²) in [5, 5.41) is 1.78. The van der Waals surface area contributed by atoms with Gasteiger partial charge in [0.15, 0.2) is 6.61 Å². The number of imide groups is 1. The summed E-state index contributed by atoms with van der Waals surface area (Å²) >= 11 is 0. The van der Waals surface area contributed by atoms with Crippen molar-refractivity contribution in [3.63, 3.8) is 0 Å². The number of aryl methyl sites for hydroxylation is 1. The summed E-state index contributed by atoms with van der Waals surface area (Å²) in [6.45, 7) is 1.52. The zero-order valence-corrected chi connectivity index (χ0v) is 11.0. The molecule has 0 atom stereocenters. The molecule has 1 aromatic carbocycles. The molecule has 0 aliphatic carbocycles. The molecule has 0 aromatic heterocycles. The molecule has 20 heavy (non-hydrogen) atoms. The van der Waals surface area contributed by atoms with Gasteiger partial charge in [-0.05, 0) is 24.6 Å². The van der Waals surface area contributed by atoms with Crippen LogP contribution in [0.25, 0.3) is 0 Å². The minimum absolute atomic E-state index is 0.00219. The first-order valence-corrected chi connectivity index (χ1v) is 5.92. The molecule has 0 radical (unpaired) electrons. The van der Waals surface area contributed by atoms with E-state index in [2.05, 4.69) is 4.74 Å². The molecule has 0 saturated carbocycles. The van der Waals surface area contributed by atoms with Crippen molar-refractivity contribution in [1.29, 1.82) is 0 Å². The van der Waals surface area contributed by atoms with Gasteiger partial charge in [-0.2, -0.15) is 0 Å². The van der Waals surface area contributed by atoms with Crippen LogP contribution < -0.4 is 15.8 Å². The lowest BCUT2D eigenvalue weighted by atomic mass is 10.2. The van der Waals surface area contributed by atoms with Crippen LogP contribution in [0.15, 0.2) is 24.3 Å². The van der Waals surface area contributed by atoms with E-state index in [4.69, 9.17) is 10.5 Å². The van der Waals surface area contributed by atoms with Gasteiger partial charge in [0, 0.05) is 0 Å². The standard InChI is InChI=1S/C13H16N2O5/c1-9-3-2-4-10(7-9)19-6-5-12(17)20-8-11(16)15-13(14)18/h2-4,7H,5-6,8H2,1H3,(H3,14,15,16,18). The van der Waals surface area contributed by atoms with Crippen molar-refractivity contribution in [1.82, 2.24) is 5.32 Å². The zero-order chi connectivity index (χ0) is 15.0. The van der Waals surface area contributed by atoms with Gasteiger partial charge in [-0.25, -0.2) is 4.79 Å². The summed E-state index contributed by atoms with van der Waals surface area (Å²) in [4.78, 5) is 32.6. The van der Waals surface area contributed by atoms with Crippen molar-refractivity contribution in [2.75, 3.05) is 13.2 Å². The van der Waals surface area contributed by atoms with Crippen LogP contribution in [-0.4, -0.2) is 31.1 Å². The molecule has 0 fully saturated rings. The molecular formula is C13H16N2O5. The van der Waals surface area contributed by atoms with Gasteiger partial charge in [0.25, 0.3) is 5.91 Å². The third-order valence-corrected chi connectivity index (χ3v) is 2.19. The Morgan fingerprint density at radius 2 is 2.05 bits per heavy atom. The molecular weight excluding hydrogens is 264 g/mol. The van der Waals surface area contributed by atoms with Crippen LogP contribution in [-0.2, 0) is 14.3 Å². The van der Waals surface area contributed by atoms with Gasteiger partial charge in [-0.15, -0.1) is 0 Å². The molecule has 0 unspecified atom stereocenters. The normalized spacial score (nSPS) is 9.65. The smallest absolute Gasteiger partial charge is 0.318 e. The van der Waals surface area contributed by atoms with Crippen molar-refractivity contribution in [3.8, 4) is 5.75 Å². The number of carbonyl (C=O) groups is 3. The fraction of sp³-hybridized carbons (Fsp3) is 0.308. The van der Waals surface area contributed by atoms with Gasteiger partial charge < -0.3 is 15.2 Å². The predicted octanol–water partition coefficient (Wildman–Crippen LogP) is 0.502. The number of esters is 1. The highest BCUT2D eigenvalue weighted by Crippen LogP contribution is 2.12. The molecule has 1 rings (SSSR count). The van der Waals surface area contributed by atoms with Crippen molar-refractivity contribution >= 4 is 17.9 Å². The van der Waals surface area contributed by atoms with Gasteiger partial charge in [-0.1, -0.05) is 12.1 Å². The molecule has 0 saturated heterocycles. The lowest BCUT2D eigenvalue weighted by Gasteiger charge is -2.07. The average Bonchev–Trinajstić information content (AvgIpc) is 2.36. The second kappa shape index (κ2) is 7.78. The van der Waals surface area contributed by atoms with Crippen molar-refractivity contribution in [2.45, 2.75) is 13.3 Å². The highest BCUT2D eigenvalue weighted by molar-refractivity contribution is 5.94. The molecule has 3 N–H and O–H groups in total. The van der Waals surface area contributed by atoms with Crippen LogP contribution >= 0.6 is 0 Å². The number of amides is 3. The Morgan fingerprint density at radius 3 is 2.70 bits per heavy atom. The third kappa shape index (κ3) is 6.39. The first-order valence-electron chi connectivity index (χ1n) is 5.92. The summed E-state index contributed by atoms with van der Waals surface area (Å²) in [5.41, 5.74) is 5.77. The Balaban J connectivity index is 2.20. The Bertz CT molecular complexity index is 501. The number of primary amides is 1. The summed E-state index contributed by atoms with van der Waals surface area (Å²) < 4.78 is 9.98. The molecule has 0 aliphatic rings. The Hall–Kier alpha value is -2.57. The first-order chi connectivity index (χ1) is 9.47. The highest BCUT2D eigenvalue weighted by atomic mass is 16.5. The second-order valence-electron chi connectivity index (χ2n) is 3.99. The van der Waals surface area contributed by atoms with Gasteiger partial charge in [0.2, 0.25) is 0 Å². The lowest BCUT2D eigenvalue weighted by Crippen LogP contribution is -2.37. The molecule has 1 aromatic rings. The third-order valence-electron chi connectivity index (χ3n) is 2.19.